The fourth-order valence-electron chi connectivity index (χ4n) is 2.90. The number of piperidine rings is 1. The highest BCUT2D eigenvalue weighted by Crippen LogP contribution is 2.28. The van der Waals surface area contributed by atoms with Crippen molar-refractivity contribution in [2.45, 2.75) is 32.2 Å². The van der Waals surface area contributed by atoms with E-state index in [0.717, 1.165) is 19.6 Å². The molecule has 1 fully saturated rings. The predicted octanol–water partition coefficient (Wildman–Crippen LogP) is 2.49. The van der Waals surface area contributed by atoms with Gasteiger partial charge in [0.25, 0.3) is 0 Å². The molecule has 2 aromatic heterocycles. The molecule has 0 saturated carbocycles. The molecule has 0 unspecified atom stereocenters. The first kappa shape index (κ1) is 12.4. The van der Waals surface area contributed by atoms with E-state index in [4.69, 9.17) is 0 Å². The molecule has 4 heteroatoms. The fraction of sp³-hybridized carbons (Fsp3) is 0.467. The molecule has 0 aromatic carbocycles. The van der Waals surface area contributed by atoms with Crippen molar-refractivity contribution in [1.82, 2.24) is 20.1 Å². The summed E-state index contributed by atoms with van der Waals surface area (Å²) in [4.78, 5) is 6.59. The van der Waals surface area contributed by atoms with Gasteiger partial charge in [0.05, 0.1) is 6.20 Å². The zero-order valence-corrected chi connectivity index (χ0v) is 11.3. The number of rotatable bonds is 3. The summed E-state index contributed by atoms with van der Waals surface area (Å²) < 4.78 is 0. The minimum absolute atomic E-state index is 0.649. The highest BCUT2D eigenvalue weighted by Gasteiger charge is 2.22. The highest BCUT2D eigenvalue weighted by molar-refractivity contribution is 5.19. The second-order valence-corrected chi connectivity index (χ2v) is 5.37. The molecule has 3 rings (SSSR count). The molecule has 0 radical (unpaired) electrons. The molecule has 1 saturated heterocycles. The molecule has 1 aliphatic rings. The topological polar surface area (TPSA) is 44.8 Å². The van der Waals surface area contributed by atoms with Crippen molar-refractivity contribution in [2.75, 3.05) is 13.1 Å². The molecule has 0 aliphatic carbocycles. The summed E-state index contributed by atoms with van der Waals surface area (Å²) >= 11 is 0. The van der Waals surface area contributed by atoms with Crippen molar-refractivity contribution < 1.29 is 0 Å². The number of aromatic nitrogens is 3. The third kappa shape index (κ3) is 2.84. The molecule has 0 atom stereocenters. The Morgan fingerprint density at radius 1 is 1.26 bits per heavy atom. The van der Waals surface area contributed by atoms with Crippen molar-refractivity contribution in [3.05, 3.63) is 47.5 Å². The van der Waals surface area contributed by atoms with Crippen molar-refractivity contribution in [3.63, 3.8) is 0 Å². The van der Waals surface area contributed by atoms with E-state index in [-0.39, 0.29) is 0 Å². The molecule has 3 heterocycles. The normalized spacial score (nSPS) is 17.7. The number of nitrogens with zero attached hydrogens (tertiary/aromatic N) is 3. The number of pyridine rings is 1. The van der Waals surface area contributed by atoms with Crippen LogP contribution in [0.4, 0.5) is 0 Å². The molecule has 0 spiro atoms. The van der Waals surface area contributed by atoms with Gasteiger partial charge in [-0.1, -0.05) is 0 Å². The van der Waals surface area contributed by atoms with E-state index < -0.39 is 0 Å². The number of nitrogens with one attached hydrogen (secondary N) is 1. The van der Waals surface area contributed by atoms with E-state index in [2.05, 4.69) is 39.1 Å². The molecule has 19 heavy (non-hydrogen) atoms. The van der Waals surface area contributed by atoms with Crippen molar-refractivity contribution in [3.8, 4) is 0 Å². The van der Waals surface area contributed by atoms with E-state index in [0.29, 0.717) is 5.92 Å². The second-order valence-electron chi connectivity index (χ2n) is 5.37. The maximum Gasteiger partial charge on any atom is 0.0519 e. The third-order valence-corrected chi connectivity index (χ3v) is 4.02. The molecule has 0 amide bonds. The Bertz CT molecular complexity index is 512. The van der Waals surface area contributed by atoms with E-state index >= 15 is 0 Å². The minimum Gasteiger partial charge on any atom is -0.299 e. The molecular formula is C15H20N4. The lowest BCUT2D eigenvalue weighted by atomic mass is 9.91. The van der Waals surface area contributed by atoms with Crippen LogP contribution in [0.2, 0.25) is 0 Å². The zero-order valence-electron chi connectivity index (χ0n) is 11.3. The van der Waals surface area contributed by atoms with Crippen LogP contribution in [0.1, 0.15) is 35.6 Å². The van der Waals surface area contributed by atoms with Gasteiger partial charge >= 0.3 is 0 Å². The number of aromatic amines is 1. The molecule has 1 N–H and O–H groups in total. The van der Waals surface area contributed by atoms with Crippen LogP contribution < -0.4 is 0 Å². The molecule has 4 nitrogen and oxygen atoms in total. The van der Waals surface area contributed by atoms with Crippen LogP contribution in [0.15, 0.2) is 30.7 Å². The van der Waals surface area contributed by atoms with Gasteiger partial charge in [0.15, 0.2) is 0 Å². The van der Waals surface area contributed by atoms with E-state index in [1.54, 1.807) is 0 Å². The van der Waals surface area contributed by atoms with Crippen LogP contribution in [0.3, 0.4) is 0 Å². The zero-order chi connectivity index (χ0) is 13.1. The average molecular weight is 256 g/mol. The van der Waals surface area contributed by atoms with Gasteiger partial charge in [-0.3, -0.25) is 15.0 Å². The summed E-state index contributed by atoms with van der Waals surface area (Å²) in [5, 5.41) is 7.30. The Hall–Kier alpha value is -1.68. The van der Waals surface area contributed by atoms with E-state index in [9.17, 15) is 0 Å². The molecule has 2 aromatic rings. The van der Waals surface area contributed by atoms with Gasteiger partial charge in [0.1, 0.15) is 0 Å². The van der Waals surface area contributed by atoms with Gasteiger partial charge in [-0.2, -0.15) is 5.10 Å². The Balaban J connectivity index is 1.57. The molecule has 1 aliphatic heterocycles. The van der Waals surface area contributed by atoms with Crippen LogP contribution >= 0.6 is 0 Å². The van der Waals surface area contributed by atoms with Crippen molar-refractivity contribution in [2.24, 2.45) is 0 Å². The van der Waals surface area contributed by atoms with Crippen LogP contribution in [0.5, 0.6) is 0 Å². The van der Waals surface area contributed by atoms with E-state index in [1.165, 1.54) is 29.7 Å². The van der Waals surface area contributed by atoms with Gasteiger partial charge in [-0.05, 0) is 56.1 Å². The molecule has 100 valence electrons. The van der Waals surface area contributed by atoms with Gasteiger partial charge < -0.3 is 0 Å². The third-order valence-electron chi connectivity index (χ3n) is 4.02. The van der Waals surface area contributed by atoms with Crippen LogP contribution in [-0.2, 0) is 6.54 Å². The molecule has 0 bridgehead atoms. The first-order chi connectivity index (χ1) is 9.33. The first-order valence-electron chi connectivity index (χ1n) is 6.94. The lowest BCUT2D eigenvalue weighted by molar-refractivity contribution is 0.203. The summed E-state index contributed by atoms with van der Waals surface area (Å²) in [6, 6.07) is 4.20. The van der Waals surface area contributed by atoms with Crippen LogP contribution in [0, 0.1) is 6.92 Å². The number of H-pyrrole nitrogens is 1. The highest BCUT2D eigenvalue weighted by atomic mass is 15.1. The maximum atomic E-state index is 4.14. The Morgan fingerprint density at radius 2 is 2.00 bits per heavy atom. The van der Waals surface area contributed by atoms with E-state index in [1.807, 2.05) is 18.6 Å². The lowest BCUT2D eigenvalue weighted by Crippen LogP contribution is -2.32. The lowest BCUT2D eigenvalue weighted by Gasteiger charge is -2.31. The van der Waals surface area contributed by atoms with Gasteiger partial charge in [-0.15, -0.1) is 0 Å². The molecular weight excluding hydrogens is 236 g/mol. The summed E-state index contributed by atoms with van der Waals surface area (Å²) in [6.07, 6.45) is 8.10. The summed E-state index contributed by atoms with van der Waals surface area (Å²) in [5.74, 6) is 0.649. The van der Waals surface area contributed by atoms with Gasteiger partial charge in [0.2, 0.25) is 0 Å². The van der Waals surface area contributed by atoms with Crippen LogP contribution in [-0.4, -0.2) is 33.2 Å². The number of hydrogen-bond donors (Lipinski definition) is 1. The van der Waals surface area contributed by atoms with Gasteiger partial charge in [0, 0.05) is 30.6 Å². The quantitative estimate of drug-likeness (QED) is 0.917. The SMILES string of the molecule is Cc1cn[nH]c1C1CCN(Cc2ccncc2)CC1. The summed E-state index contributed by atoms with van der Waals surface area (Å²) in [5.41, 5.74) is 3.99. The minimum atomic E-state index is 0.649. The standard InChI is InChI=1S/C15H20N4/c1-12-10-17-18-15(12)14-4-8-19(9-5-14)11-13-2-6-16-7-3-13/h2-3,6-7,10,14H,4-5,8-9,11H2,1H3,(H,17,18). The fourth-order valence-corrected chi connectivity index (χ4v) is 2.90. The smallest absolute Gasteiger partial charge is 0.0519 e. The maximum absolute atomic E-state index is 4.14. The Labute approximate surface area is 113 Å². The average Bonchev–Trinajstić information content (AvgIpc) is 2.87. The Morgan fingerprint density at radius 3 is 2.63 bits per heavy atom. The van der Waals surface area contributed by atoms with Crippen LogP contribution in [0.25, 0.3) is 0 Å². The number of hydrogen-bond acceptors (Lipinski definition) is 3. The monoisotopic (exact) mass is 256 g/mol. The van der Waals surface area contributed by atoms with Crippen molar-refractivity contribution >= 4 is 0 Å². The first-order valence-corrected chi connectivity index (χ1v) is 6.94. The summed E-state index contributed by atoms with van der Waals surface area (Å²) in [7, 11) is 0. The predicted molar refractivity (Wildman–Crippen MR) is 74.8 cm³/mol. The number of likely N-dealkylation sites (tertiary alicyclic amines) is 1. The Kier molecular flexibility index (Phi) is 3.60. The van der Waals surface area contributed by atoms with Gasteiger partial charge in [-0.25, -0.2) is 0 Å². The largest absolute Gasteiger partial charge is 0.299 e. The summed E-state index contributed by atoms with van der Waals surface area (Å²) in [6.45, 7) is 5.50. The van der Waals surface area contributed by atoms with Crippen molar-refractivity contribution in [1.29, 1.82) is 0 Å². The second kappa shape index (κ2) is 5.53. The number of aryl methyl sites for hydroxylation is 1.